The minimum atomic E-state index is 0.752. The van der Waals surface area contributed by atoms with Crippen LogP contribution in [-0.4, -0.2) is 14.4 Å². The highest BCUT2D eigenvalue weighted by Crippen LogP contribution is 2.42. The van der Waals surface area contributed by atoms with Gasteiger partial charge in [-0.05, 0) is 29.0 Å². The largest absolute Gasteiger partial charge is 0.308 e. The SMILES string of the molecule is c1ccc(-c2nc(-c3ccc4c5cccc6c7cccc8cccc(c87)n(c4c3)c65)nc3sc4ccccc4c23)cc1. The monoisotopic (exact) mass is 551 g/mol. The minimum Gasteiger partial charge on any atom is -0.308 e. The van der Waals surface area contributed by atoms with Gasteiger partial charge in [-0.15, -0.1) is 11.3 Å². The Bertz CT molecular complexity index is 2680. The number of para-hydroxylation sites is 1. The number of aromatic nitrogens is 3. The third kappa shape index (κ3) is 2.89. The summed E-state index contributed by atoms with van der Waals surface area (Å²) in [6.07, 6.45) is 0. The van der Waals surface area contributed by atoms with Crippen molar-refractivity contribution >= 4 is 80.5 Å². The van der Waals surface area contributed by atoms with Gasteiger partial charge in [0.2, 0.25) is 0 Å². The van der Waals surface area contributed by atoms with Crippen molar-refractivity contribution < 1.29 is 0 Å². The molecule has 42 heavy (non-hydrogen) atoms. The van der Waals surface area contributed by atoms with E-state index in [4.69, 9.17) is 9.97 Å². The summed E-state index contributed by atoms with van der Waals surface area (Å²) in [4.78, 5) is 11.5. The molecular formula is C38H21N3S. The molecule has 0 atom stereocenters. The molecule has 10 aromatic rings. The number of rotatable bonds is 2. The van der Waals surface area contributed by atoms with Gasteiger partial charge in [0.1, 0.15) is 4.83 Å². The van der Waals surface area contributed by atoms with E-state index in [1.807, 2.05) is 0 Å². The Morgan fingerprint density at radius 3 is 2.14 bits per heavy atom. The van der Waals surface area contributed by atoms with E-state index in [2.05, 4.69) is 132 Å². The van der Waals surface area contributed by atoms with Gasteiger partial charge < -0.3 is 4.40 Å². The molecule has 194 valence electrons. The van der Waals surface area contributed by atoms with Crippen LogP contribution in [0.5, 0.6) is 0 Å². The lowest BCUT2D eigenvalue weighted by Crippen LogP contribution is -1.94. The van der Waals surface area contributed by atoms with Crippen molar-refractivity contribution in [3.63, 3.8) is 0 Å². The molecule has 0 spiro atoms. The van der Waals surface area contributed by atoms with Crippen LogP contribution in [0.2, 0.25) is 0 Å². The third-order valence-corrected chi connectivity index (χ3v) is 9.81. The Morgan fingerprint density at radius 2 is 1.24 bits per heavy atom. The molecule has 0 amide bonds. The number of hydrogen-bond acceptors (Lipinski definition) is 3. The number of hydrogen-bond donors (Lipinski definition) is 0. The standard InChI is InChI=1S/C38H21N3S/c1-2-9-23(10-3-1)35-34-29-13-4-5-18-32(29)42-38(34)40-37(39-35)24-19-20-25-27-15-8-16-28-26-14-6-11-22-12-7-17-30(33(22)26)41(36(27)28)31(25)21-24/h1-21H. The lowest BCUT2D eigenvalue weighted by atomic mass is 9.99. The Morgan fingerprint density at radius 1 is 0.500 bits per heavy atom. The topological polar surface area (TPSA) is 30.2 Å². The van der Waals surface area contributed by atoms with Crippen molar-refractivity contribution in [1.29, 1.82) is 0 Å². The molecule has 0 fully saturated rings. The van der Waals surface area contributed by atoms with Crippen molar-refractivity contribution in [2.24, 2.45) is 0 Å². The quantitative estimate of drug-likeness (QED) is 0.158. The van der Waals surface area contributed by atoms with Gasteiger partial charge in [0.05, 0.1) is 22.2 Å². The number of fused-ring (bicyclic) bond motifs is 8. The van der Waals surface area contributed by atoms with Crippen molar-refractivity contribution in [1.82, 2.24) is 14.4 Å². The second kappa shape index (κ2) is 8.12. The first-order valence-electron chi connectivity index (χ1n) is 14.2. The van der Waals surface area contributed by atoms with Crippen LogP contribution in [0.1, 0.15) is 0 Å². The summed E-state index contributed by atoms with van der Waals surface area (Å²) in [5, 5.41) is 9.99. The molecule has 0 saturated heterocycles. The first-order valence-corrected chi connectivity index (χ1v) is 15.0. The zero-order chi connectivity index (χ0) is 27.4. The fraction of sp³-hybridized carbons (Fsp3) is 0. The Labute approximate surface area is 244 Å². The molecule has 0 unspecified atom stereocenters. The van der Waals surface area contributed by atoms with Crippen LogP contribution in [0.4, 0.5) is 0 Å². The summed E-state index contributed by atoms with van der Waals surface area (Å²) in [6.45, 7) is 0. The lowest BCUT2D eigenvalue weighted by molar-refractivity contribution is 1.24. The van der Waals surface area contributed by atoms with Crippen molar-refractivity contribution in [3.05, 3.63) is 127 Å². The number of nitrogens with zero attached hydrogens (tertiary/aromatic N) is 3. The maximum absolute atomic E-state index is 5.27. The van der Waals surface area contributed by atoms with Gasteiger partial charge in [-0.3, -0.25) is 0 Å². The van der Waals surface area contributed by atoms with Crippen LogP contribution in [0.15, 0.2) is 127 Å². The molecule has 0 N–H and O–H groups in total. The minimum absolute atomic E-state index is 0.752. The van der Waals surface area contributed by atoms with Crippen LogP contribution in [0.3, 0.4) is 0 Å². The second-order valence-corrected chi connectivity index (χ2v) is 12.0. The lowest BCUT2D eigenvalue weighted by Gasteiger charge is -2.13. The van der Waals surface area contributed by atoms with Crippen molar-refractivity contribution in [3.8, 4) is 22.6 Å². The molecule has 0 radical (unpaired) electrons. The summed E-state index contributed by atoms with van der Waals surface area (Å²) < 4.78 is 3.68. The average Bonchev–Trinajstić information content (AvgIpc) is 3.59. The van der Waals surface area contributed by atoms with Gasteiger partial charge in [0.25, 0.3) is 0 Å². The molecule has 0 saturated carbocycles. The predicted molar refractivity (Wildman–Crippen MR) is 178 cm³/mol. The number of pyridine rings is 1. The van der Waals surface area contributed by atoms with Crippen LogP contribution in [-0.2, 0) is 0 Å². The Balaban J connectivity index is 1.33. The first kappa shape index (κ1) is 22.4. The second-order valence-electron chi connectivity index (χ2n) is 11.0. The molecule has 6 aromatic carbocycles. The van der Waals surface area contributed by atoms with Gasteiger partial charge in [0.15, 0.2) is 5.82 Å². The third-order valence-electron chi connectivity index (χ3n) is 8.75. The van der Waals surface area contributed by atoms with Gasteiger partial charge in [-0.1, -0.05) is 109 Å². The fourth-order valence-electron chi connectivity index (χ4n) is 6.96. The molecule has 4 heteroatoms. The zero-order valence-corrected chi connectivity index (χ0v) is 23.2. The molecule has 3 nitrogen and oxygen atoms in total. The molecule has 0 aliphatic heterocycles. The van der Waals surface area contributed by atoms with E-state index in [-0.39, 0.29) is 0 Å². The van der Waals surface area contributed by atoms with Gasteiger partial charge >= 0.3 is 0 Å². The summed E-state index contributed by atoms with van der Waals surface area (Å²) >= 11 is 1.74. The van der Waals surface area contributed by atoms with Crippen molar-refractivity contribution in [2.75, 3.05) is 0 Å². The van der Waals surface area contributed by atoms with Gasteiger partial charge in [-0.25, -0.2) is 9.97 Å². The molecule has 4 aromatic heterocycles. The van der Waals surface area contributed by atoms with Gasteiger partial charge in [0, 0.05) is 48.1 Å². The van der Waals surface area contributed by atoms with E-state index in [0.29, 0.717) is 0 Å². The van der Waals surface area contributed by atoms with E-state index in [1.165, 1.54) is 59.0 Å². The summed E-state index contributed by atoms with van der Waals surface area (Å²) in [5.41, 5.74) is 6.78. The van der Waals surface area contributed by atoms with E-state index >= 15 is 0 Å². The van der Waals surface area contributed by atoms with E-state index in [1.54, 1.807) is 11.3 Å². The van der Waals surface area contributed by atoms with Crippen LogP contribution in [0.25, 0.3) is 91.8 Å². The van der Waals surface area contributed by atoms with Crippen LogP contribution < -0.4 is 0 Å². The Hall–Kier alpha value is -5.32. The highest BCUT2D eigenvalue weighted by Gasteiger charge is 2.20. The zero-order valence-electron chi connectivity index (χ0n) is 22.4. The number of thiophene rings is 1. The fourth-order valence-corrected chi connectivity index (χ4v) is 8.04. The summed E-state index contributed by atoms with van der Waals surface area (Å²) in [7, 11) is 0. The molecule has 4 heterocycles. The summed E-state index contributed by atoms with van der Waals surface area (Å²) in [5.74, 6) is 0.752. The van der Waals surface area contributed by atoms with Crippen LogP contribution >= 0.6 is 11.3 Å². The molecule has 0 bridgehead atoms. The molecule has 0 aliphatic carbocycles. The van der Waals surface area contributed by atoms with Crippen molar-refractivity contribution in [2.45, 2.75) is 0 Å². The maximum Gasteiger partial charge on any atom is 0.161 e. The highest BCUT2D eigenvalue weighted by atomic mass is 32.1. The summed E-state index contributed by atoms with van der Waals surface area (Å²) in [6, 6.07) is 45.7. The smallest absolute Gasteiger partial charge is 0.161 e. The Kier molecular flexibility index (Phi) is 4.33. The molecule has 10 rings (SSSR count). The average molecular weight is 552 g/mol. The molecular weight excluding hydrogens is 531 g/mol. The number of benzene rings is 6. The van der Waals surface area contributed by atoms with E-state index in [9.17, 15) is 0 Å². The van der Waals surface area contributed by atoms with E-state index < -0.39 is 0 Å². The maximum atomic E-state index is 5.27. The van der Waals surface area contributed by atoms with Gasteiger partial charge in [-0.2, -0.15) is 0 Å². The normalized spacial score (nSPS) is 12.3. The highest BCUT2D eigenvalue weighted by molar-refractivity contribution is 7.25. The molecule has 0 aliphatic rings. The predicted octanol–water partition coefficient (Wildman–Crippen LogP) is 10.5. The van der Waals surface area contributed by atoms with Crippen LogP contribution in [0, 0.1) is 0 Å². The first-order chi connectivity index (χ1) is 20.8. The van der Waals surface area contributed by atoms with E-state index in [0.717, 1.165) is 32.9 Å².